The molecule has 1 heterocycles. The second-order valence-electron chi connectivity index (χ2n) is 3.97. The van der Waals surface area contributed by atoms with Gasteiger partial charge >= 0.3 is 0 Å². The maximum atomic E-state index is 11.9. The van der Waals surface area contributed by atoms with E-state index in [0.717, 1.165) is 0 Å². The number of carbonyl (C=O) groups is 1. The van der Waals surface area contributed by atoms with Gasteiger partial charge in [0.15, 0.2) is 0 Å². The molecule has 0 aliphatic heterocycles. The SMILES string of the molecule is COc1cc(NC(=O)Cn2ccnc2)c(OC)cc1Cl. The fourth-order valence-corrected chi connectivity index (χ4v) is 1.92. The number of benzene rings is 1. The first kappa shape index (κ1) is 14.2. The minimum Gasteiger partial charge on any atom is -0.495 e. The summed E-state index contributed by atoms with van der Waals surface area (Å²) in [6.07, 6.45) is 4.89. The predicted octanol–water partition coefficient (Wildman–Crippen LogP) is 2.19. The van der Waals surface area contributed by atoms with E-state index in [1.807, 2.05) is 0 Å². The molecule has 7 heteroatoms. The number of anilines is 1. The summed E-state index contributed by atoms with van der Waals surface area (Å²) in [5, 5.41) is 3.16. The van der Waals surface area contributed by atoms with Crippen molar-refractivity contribution in [2.45, 2.75) is 6.54 Å². The van der Waals surface area contributed by atoms with Crippen LogP contribution in [0.4, 0.5) is 5.69 Å². The predicted molar refractivity (Wildman–Crippen MR) is 75.4 cm³/mol. The maximum Gasteiger partial charge on any atom is 0.244 e. The number of imidazole rings is 1. The fourth-order valence-electron chi connectivity index (χ4n) is 1.69. The zero-order valence-corrected chi connectivity index (χ0v) is 11.8. The van der Waals surface area contributed by atoms with Gasteiger partial charge in [-0.15, -0.1) is 0 Å². The molecular weight excluding hydrogens is 282 g/mol. The number of methoxy groups -OCH3 is 2. The number of aromatic nitrogens is 2. The average molecular weight is 296 g/mol. The third-order valence-electron chi connectivity index (χ3n) is 2.63. The Morgan fingerprint density at radius 2 is 2.10 bits per heavy atom. The fraction of sp³-hybridized carbons (Fsp3) is 0.231. The molecule has 0 bridgehead atoms. The Kier molecular flexibility index (Phi) is 4.47. The summed E-state index contributed by atoms with van der Waals surface area (Å²) in [6.45, 7) is 0.161. The number of rotatable bonds is 5. The monoisotopic (exact) mass is 295 g/mol. The molecular formula is C13H14ClN3O3. The molecule has 1 N–H and O–H groups in total. The van der Waals surface area contributed by atoms with Gasteiger partial charge in [-0.05, 0) is 0 Å². The van der Waals surface area contributed by atoms with Crippen LogP contribution in [0.25, 0.3) is 0 Å². The van der Waals surface area contributed by atoms with Crippen LogP contribution in [0.5, 0.6) is 11.5 Å². The van der Waals surface area contributed by atoms with Crippen LogP contribution in [0.2, 0.25) is 5.02 Å². The molecule has 0 saturated carbocycles. The second-order valence-corrected chi connectivity index (χ2v) is 4.38. The number of hydrogen-bond acceptors (Lipinski definition) is 4. The van der Waals surface area contributed by atoms with Crippen molar-refractivity contribution in [3.8, 4) is 11.5 Å². The summed E-state index contributed by atoms with van der Waals surface area (Å²) in [6, 6.07) is 3.21. The molecule has 0 aliphatic rings. The van der Waals surface area contributed by atoms with Gasteiger partial charge in [0.2, 0.25) is 5.91 Å². The lowest BCUT2D eigenvalue weighted by molar-refractivity contribution is -0.116. The Labute approximate surface area is 121 Å². The topological polar surface area (TPSA) is 65.4 Å². The number of hydrogen-bond donors (Lipinski definition) is 1. The molecule has 0 unspecified atom stereocenters. The van der Waals surface area contributed by atoms with Crippen LogP contribution in [-0.2, 0) is 11.3 Å². The third kappa shape index (κ3) is 3.21. The Morgan fingerprint density at radius 3 is 2.70 bits per heavy atom. The molecule has 0 fully saturated rings. The Hall–Kier alpha value is -2.21. The quantitative estimate of drug-likeness (QED) is 0.918. The van der Waals surface area contributed by atoms with E-state index in [2.05, 4.69) is 10.3 Å². The highest BCUT2D eigenvalue weighted by Gasteiger charge is 2.12. The van der Waals surface area contributed by atoms with Gasteiger partial charge in [0.1, 0.15) is 18.0 Å². The first-order chi connectivity index (χ1) is 9.63. The van der Waals surface area contributed by atoms with E-state index in [1.165, 1.54) is 14.2 Å². The van der Waals surface area contributed by atoms with Crippen molar-refractivity contribution in [1.82, 2.24) is 9.55 Å². The smallest absolute Gasteiger partial charge is 0.244 e. The number of halogens is 1. The lowest BCUT2D eigenvalue weighted by Crippen LogP contribution is -2.18. The second kappa shape index (κ2) is 6.29. The van der Waals surface area contributed by atoms with Crippen LogP contribution in [0.15, 0.2) is 30.9 Å². The van der Waals surface area contributed by atoms with Crippen LogP contribution in [-0.4, -0.2) is 29.7 Å². The van der Waals surface area contributed by atoms with Crippen molar-refractivity contribution in [2.24, 2.45) is 0 Å². The molecule has 106 valence electrons. The van der Waals surface area contributed by atoms with Gasteiger partial charge in [-0.25, -0.2) is 4.98 Å². The van der Waals surface area contributed by atoms with Gasteiger partial charge in [-0.3, -0.25) is 4.79 Å². The molecule has 0 aliphatic carbocycles. The van der Waals surface area contributed by atoms with Gasteiger partial charge in [-0.1, -0.05) is 11.6 Å². The van der Waals surface area contributed by atoms with Gasteiger partial charge in [-0.2, -0.15) is 0 Å². The molecule has 0 atom stereocenters. The first-order valence-corrected chi connectivity index (χ1v) is 6.19. The van der Waals surface area contributed by atoms with Crippen molar-refractivity contribution < 1.29 is 14.3 Å². The van der Waals surface area contributed by atoms with Crippen LogP contribution < -0.4 is 14.8 Å². The van der Waals surface area contributed by atoms with Gasteiger partial charge in [0.25, 0.3) is 0 Å². The zero-order chi connectivity index (χ0) is 14.5. The molecule has 2 aromatic rings. The number of ether oxygens (including phenoxy) is 2. The summed E-state index contributed by atoms with van der Waals surface area (Å²) in [5.74, 6) is 0.728. The third-order valence-corrected chi connectivity index (χ3v) is 2.93. The lowest BCUT2D eigenvalue weighted by atomic mass is 10.2. The van der Waals surface area contributed by atoms with E-state index >= 15 is 0 Å². The number of carbonyl (C=O) groups excluding carboxylic acids is 1. The highest BCUT2D eigenvalue weighted by Crippen LogP contribution is 2.35. The molecule has 20 heavy (non-hydrogen) atoms. The highest BCUT2D eigenvalue weighted by molar-refractivity contribution is 6.32. The zero-order valence-electron chi connectivity index (χ0n) is 11.1. The molecule has 0 radical (unpaired) electrons. The van der Waals surface area contributed by atoms with E-state index in [-0.39, 0.29) is 12.5 Å². The number of nitrogens with zero attached hydrogens (tertiary/aromatic N) is 2. The summed E-state index contributed by atoms with van der Waals surface area (Å²) >= 11 is 6.00. The highest BCUT2D eigenvalue weighted by atomic mass is 35.5. The Balaban J connectivity index is 2.17. The Morgan fingerprint density at radius 1 is 1.35 bits per heavy atom. The van der Waals surface area contributed by atoms with Crippen LogP contribution in [0, 0.1) is 0 Å². The minimum absolute atomic E-state index is 0.161. The molecule has 2 rings (SSSR count). The molecule has 1 aromatic heterocycles. The maximum absolute atomic E-state index is 11.9. The van der Waals surface area contributed by atoms with Crippen LogP contribution in [0.1, 0.15) is 0 Å². The van der Waals surface area contributed by atoms with Gasteiger partial charge in [0, 0.05) is 24.5 Å². The van der Waals surface area contributed by atoms with E-state index in [4.69, 9.17) is 21.1 Å². The van der Waals surface area contributed by atoms with Crippen molar-refractivity contribution >= 4 is 23.2 Å². The molecule has 0 spiro atoms. The van der Waals surface area contributed by atoms with Crippen molar-refractivity contribution in [1.29, 1.82) is 0 Å². The number of amides is 1. The normalized spacial score (nSPS) is 10.2. The van der Waals surface area contributed by atoms with Crippen molar-refractivity contribution in [3.63, 3.8) is 0 Å². The van der Waals surface area contributed by atoms with Crippen molar-refractivity contribution in [2.75, 3.05) is 19.5 Å². The summed E-state index contributed by atoms with van der Waals surface area (Å²) in [4.78, 5) is 15.8. The van der Waals surface area contributed by atoms with E-state index in [1.54, 1.807) is 35.4 Å². The molecule has 1 aromatic carbocycles. The summed E-state index contributed by atoms with van der Waals surface area (Å²) < 4.78 is 12.0. The average Bonchev–Trinajstić information content (AvgIpc) is 2.92. The van der Waals surface area contributed by atoms with Gasteiger partial charge < -0.3 is 19.4 Å². The summed E-state index contributed by atoms with van der Waals surface area (Å²) in [5.41, 5.74) is 0.499. The molecule has 1 amide bonds. The standard InChI is InChI=1S/C13H14ClN3O3/c1-19-11-6-10(12(20-2)5-9(11)14)16-13(18)7-17-4-3-15-8-17/h3-6,8H,7H2,1-2H3,(H,16,18). The van der Waals surface area contributed by atoms with E-state index in [0.29, 0.717) is 22.2 Å². The van der Waals surface area contributed by atoms with E-state index in [9.17, 15) is 4.79 Å². The minimum atomic E-state index is -0.203. The Bertz CT molecular complexity index is 599. The van der Waals surface area contributed by atoms with Crippen LogP contribution in [0.3, 0.4) is 0 Å². The summed E-state index contributed by atoms with van der Waals surface area (Å²) in [7, 11) is 3.01. The van der Waals surface area contributed by atoms with Crippen molar-refractivity contribution in [3.05, 3.63) is 35.9 Å². The molecule has 6 nitrogen and oxygen atoms in total. The molecule has 0 saturated heterocycles. The van der Waals surface area contributed by atoms with E-state index < -0.39 is 0 Å². The largest absolute Gasteiger partial charge is 0.495 e. The first-order valence-electron chi connectivity index (χ1n) is 5.81. The number of nitrogens with one attached hydrogen (secondary N) is 1. The van der Waals surface area contributed by atoms with Gasteiger partial charge in [0.05, 0.1) is 31.3 Å². The lowest BCUT2D eigenvalue weighted by Gasteiger charge is -2.13. The van der Waals surface area contributed by atoms with Crippen LogP contribution >= 0.6 is 11.6 Å².